The van der Waals surface area contributed by atoms with Crippen molar-refractivity contribution in [3.8, 4) is 0 Å². The average Bonchev–Trinajstić information content (AvgIpc) is 2.45. The van der Waals surface area contributed by atoms with Crippen molar-refractivity contribution >= 4 is 17.5 Å². The summed E-state index contributed by atoms with van der Waals surface area (Å²) in [6, 6.07) is 19.9. The van der Waals surface area contributed by atoms with Crippen LogP contribution in [-0.2, 0) is 5.75 Å². The summed E-state index contributed by atoms with van der Waals surface area (Å²) in [6.45, 7) is 0. The van der Waals surface area contributed by atoms with Gasteiger partial charge in [-0.15, -0.1) is 0 Å². The molecule has 2 aromatic carbocycles. The first-order valence-corrected chi connectivity index (χ1v) is 7.21. The van der Waals surface area contributed by atoms with Gasteiger partial charge in [0.1, 0.15) is 0 Å². The Morgan fingerprint density at radius 1 is 0.889 bits per heavy atom. The molecule has 2 rings (SSSR count). The van der Waals surface area contributed by atoms with Crippen molar-refractivity contribution < 1.29 is 4.79 Å². The van der Waals surface area contributed by atoms with Crippen LogP contribution in [0.1, 0.15) is 22.3 Å². The maximum absolute atomic E-state index is 11.8. The van der Waals surface area contributed by atoms with E-state index < -0.39 is 0 Å². The fourth-order valence-corrected chi connectivity index (χ4v) is 2.60. The maximum atomic E-state index is 11.8. The van der Waals surface area contributed by atoms with Crippen LogP contribution in [0.15, 0.2) is 60.7 Å². The highest BCUT2D eigenvalue weighted by molar-refractivity contribution is 7.98. The average molecular weight is 256 g/mol. The molecule has 0 aliphatic heterocycles. The standard InChI is InChI=1S/C16H16OS/c17-16(15-9-5-2-6-10-15)11-12-18-13-14-7-3-1-4-8-14/h1-10H,11-13H2. The van der Waals surface area contributed by atoms with Crippen LogP contribution >= 0.6 is 11.8 Å². The Morgan fingerprint density at radius 3 is 2.17 bits per heavy atom. The third-order valence-corrected chi connectivity index (χ3v) is 3.71. The Balaban J connectivity index is 1.72. The van der Waals surface area contributed by atoms with E-state index in [2.05, 4.69) is 12.1 Å². The third kappa shape index (κ3) is 4.04. The van der Waals surface area contributed by atoms with Gasteiger partial charge in [0, 0.05) is 23.5 Å². The van der Waals surface area contributed by atoms with E-state index in [4.69, 9.17) is 0 Å². The zero-order valence-electron chi connectivity index (χ0n) is 10.2. The van der Waals surface area contributed by atoms with Crippen LogP contribution in [-0.4, -0.2) is 11.5 Å². The molecule has 0 bridgehead atoms. The molecule has 0 aromatic heterocycles. The first-order valence-electron chi connectivity index (χ1n) is 6.06. The van der Waals surface area contributed by atoms with E-state index in [9.17, 15) is 4.79 Å². The smallest absolute Gasteiger partial charge is 0.163 e. The zero-order valence-corrected chi connectivity index (χ0v) is 11.0. The summed E-state index contributed by atoms with van der Waals surface area (Å²) >= 11 is 1.81. The van der Waals surface area contributed by atoms with Crippen LogP contribution in [0.4, 0.5) is 0 Å². The van der Waals surface area contributed by atoms with Crippen LogP contribution in [0.2, 0.25) is 0 Å². The van der Waals surface area contributed by atoms with Gasteiger partial charge < -0.3 is 0 Å². The predicted molar refractivity (Wildman–Crippen MR) is 78.0 cm³/mol. The number of Topliss-reactive ketones (excluding diaryl/α,β-unsaturated/α-hetero) is 1. The molecule has 18 heavy (non-hydrogen) atoms. The number of ketones is 1. The summed E-state index contributed by atoms with van der Waals surface area (Å²) < 4.78 is 0. The van der Waals surface area contributed by atoms with Crippen molar-refractivity contribution in [3.05, 3.63) is 71.8 Å². The van der Waals surface area contributed by atoms with Gasteiger partial charge in [0.15, 0.2) is 5.78 Å². The molecule has 2 aromatic rings. The van der Waals surface area contributed by atoms with E-state index in [1.54, 1.807) is 0 Å². The predicted octanol–water partition coefficient (Wildman–Crippen LogP) is 4.19. The molecule has 0 saturated heterocycles. The fourth-order valence-electron chi connectivity index (χ4n) is 1.70. The molecule has 0 unspecified atom stereocenters. The normalized spacial score (nSPS) is 10.2. The van der Waals surface area contributed by atoms with Crippen molar-refractivity contribution in [3.63, 3.8) is 0 Å². The van der Waals surface area contributed by atoms with Crippen molar-refractivity contribution in [1.29, 1.82) is 0 Å². The largest absolute Gasteiger partial charge is 0.294 e. The highest BCUT2D eigenvalue weighted by Crippen LogP contribution is 2.14. The van der Waals surface area contributed by atoms with Gasteiger partial charge >= 0.3 is 0 Å². The van der Waals surface area contributed by atoms with Gasteiger partial charge in [0.2, 0.25) is 0 Å². The molecule has 0 spiro atoms. The SMILES string of the molecule is O=C(CCSCc1ccccc1)c1ccccc1. The topological polar surface area (TPSA) is 17.1 Å². The minimum Gasteiger partial charge on any atom is -0.294 e. The molecule has 0 radical (unpaired) electrons. The fraction of sp³-hybridized carbons (Fsp3) is 0.188. The molecule has 2 heteroatoms. The highest BCUT2D eigenvalue weighted by Gasteiger charge is 2.04. The lowest BCUT2D eigenvalue weighted by molar-refractivity contribution is 0.0989. The van der Waals surface area contributed by atoms with Crippen LogP contribution in [0, 0.1) is 0 Å². The second kappa shape index (κ2) is 7.02. The highest BCUT2D eigenvalue weighted by atomic mass is 32.2. The lowest BCUT2D eigenvalue weighted by Crippen LogP contribution is -2.00. The molecule has 0 heterocycles. The summed E-state index contributed by atoms with van der Waals surface area (Å²) in [7, 11) is 0. The lowest BCUT2D eigenvalue weighted by Gasteiger charge is -2.02. The molecule has 92 valence electrons. The zero-order chi connectivity index (χ0) is 12.6. The van der Waals surface area contributed by atoms with Crippen molar-refractivity contribution in [1.82, 2.24) is 0 Å². The van der Waals surface area contributed by atoms with E-state index >= 15 is 0 Å². The van der Waals surface area contributed by atoms with Crippen LogP contribution in [0.3, 0.4) is 0 Å². The molecule has 1 nitrogen and oxygen atoms in total. The molecule has 0 atom stereocenters. The number of hydrogen-bond donors (Lipinski definition) is 0. The molecule has 0 N–H and O–H groups in total. The van der Waals surface area contributed by atoms with Crippen molar-refractivity contribution in [2.24, 2.45) is 0 Å². The molecule has 0 fully saturated rings. The van der Waals surface area contributed by atoms with Gasteiger partial charge in [-0.2, -0.15) is 11.8 Å². The van der Waals surface area contributed by atoms with Gasteiger partial charge in [-0.05, 0) is 5.56 Å². The molecule has 0 saturated carbocycles. The molecule has 0 amide bonds. The Hall–Kier alpha value is -1.54. The van der Waals surface area contributed by atoms with Gasteiger partial charge in [-0.1, -0.05) is 60.7 Å². The van der Waals surface area contributed by atoms with E-state index in [0.717, 1.165) is 17.1 Å². The minimum absolute atomic E-state index is 0.233. The summed E-state index contributed by atoms with van der Waals surface area (Å²) in [5.41, 5.74) is 2.13. The van der Waals surface area contributed by atoms with Crippen LogP contribution in [0.25, 0.3) is 0 Å². The van der Waals surface area contributed by atoms with Gasteiger partial charge in [-0.25, -0.2) is 0 Å². The third-order valence-electron chi connectivity index (χ3n) is 2.68. The Bertz CT molecular complexity index is 479. The number of hydrogen-bond acceptors (Lipinski definition) is 2. The molecular weight excluding hydrogens is 240 g/mol. The van der Waals surface area contributed by atoms with Crippen LogP contribution < -0.4 is 0 Å². The summed E-state index contributed by atoms with van der Waals surface area (Å²) in [4.78, 5) is 11.8. The summed E-state index contributed by atoms with van der Waals surface area (Å²) in [6.07, 6.45) is 0.613. The quantitative estimate of drug-likeness (QED) is 0.569. The number of carbonyl (C=O) groups is 1. The Labute approximate surface area is 112 Å². The van der Waals surface area contributed by atoms with E-state index in [1.165, 1.54) is 5.56 Å². The first-order chi connectivity index (χ1) is 8.86. The van der Waals surface area contributed by atoms with E-state index in [0.29, 0.717) is 6.42 Å². The number of benzene rings is 2. The summed E-state index contributed by atoms with van der Waals surface area (Å²) in [5.74, 6) is 2.09. The minimum atomic E-state index is 0.233. The number of thioether (sulfide) groups is 1. The molecular formula is C16H16OS. The van der Waals surface area contributed by atoms with Gasteiger partial charge in [0.05, 0.1) is 0 Å². The first kappa shape index (κ1) is 12.9. The van der Waals surface area contributed by atoms with E-state index in [1.807, 2.05) is 60.3 Å². The monoisotopic (exact) mass is 256 g/mol. The number of carbonyl (C=O) groups excluding carboxylic acids is 1. The second-order valence-corrected chi connectivity index (χ2v) is 5.18. The Kier molecular flexibility index (Phi) is 5.03. The number of rotatable bonds is 6. The van der Waals surface area contributed by atoms with Gasteiger partial charge in [0.25, 0.3) is 0 Å². The molecule has 0 aliphatic carbocycles. The summed E-state index contributed by atoms with van der Waals surface area (Å²) in [5, 5.41) is 0. The molecule has 0 aliphatic rings. The van der Waals surface area contributed by atoms with E-state index in [-0.39, 0.29) is 5.78 Å². The lowest BCUT2D eigenvalue weighted by atomic mass is 10.1. The second-order valence-electron chi connectivity index (χ2n) is 4.08. The van der Waals surface area contributed by atoms with Crippen molar-refractivity contribution in [2.75, 3.05) is 5.75 Å². The van der Waals surface area contributed by atoms with Crippen molar-refractivity contribution in [2.45, 2.75) is 12.2 Å². The maximum Gasteiger partial charge on any atom is 0.163 e. The van der Waals surface area contributed by atoms with Crippen LogP contribution in [0.5, 0.6) is 0 Å². The van der Waals surface area contributed by atoms with Gasteiger partial charge in [-0.3, -0.25) is 4.79 Å². The Morgan fingerprint density at radius 2 is 1.50 bits per heavy atom.